The number of aliphatic carboxylic acids is 1. The molecule has 1 rings (SSSR count). The zero-order valence-corrected chi connectivity index (χ0v) is 10.8. The molecule has 0 aromatic rings. The first-order chi connectivity index (χ1) is 8.79. The minimum atomic E-state index is -1.14. The van der Waals surface area contributed by atoms with Gasteiger partial charge in [0.05, 0.1) is 0 Å². The standard InChI is InChI=1S/C11H17N3O5/c1-6(2)3-7(10(17)18)12-11(19)14-4-8(15)13-9(16)5-14/h6-7H,3-5H2,1-2H3,(H,12,19)(H,17,18)(H,13,15,16)/t7-/m1/s1. The van der Waals surface area contributed by atoms with Crippen LogP contribution in [0.4, 0.5) is 4.79 Å². The van der Waals surface area contributed by atoms with Crippen LogP contribution >= 0.6 is 0 Å². The molecule has 0 bridgehead atoms. The zero-order valence-electron chi connectivity index (χ0n) is 10.8. The van der Waals surface area contributed by atoms with Crippen LogP contribution in [0.5, 0.6) is 0 Å². The molecule has 106 valence electrons. The fourth-order valence-electron chi connectivity index (χ4n) is 1.71. The fraction of sp³-hybridized carbons (Fsp3) is 0.636. The average Bonchev–Trinajstić information content (AvgIpc) is 2.25. The monoisotopic (exact) mass is 271 g/mol. The van der Waals surface area contributed by atoms with E-state index in [-0.39, 0.29) is 25.4 Å². The van der Waals surface area contributed by atoms with E-state index in [1.165, 1.54) is 0 Å². The lowest BCUT2D eigenvalue weighted by Gasteiger charge is -2.27. The third-order valence-corrected chi connectivity index (χ3v) is 2.54. The molecule has 0 aliphatic carbocycles. The van der Waals surface area contributed by atoms with Gasteiger partial charge in [-0.15, -0.1) is 0 Å². The predicted octanol–water partition coefficient (Wildman–Crippen LogP) is -0.846. The van der Waals surface area contributed by atoms with Crippen molar-refractivity contribution in [3.05, 3.63) is 0 Å². The second-order valence-corrected chi connectivity index (χ2v) is 4.80. The third-order valence-electron chi connectivity index (χ3n) is 2.54. The summed E-state index contributed by atoms with van der Waals surface area (Å²) in [5, 5.41) is 13.4. The van der Waals surface area contributed by atoms with Gasteiger partial charge < -0.3 is 15.3 Å². The van der Waals surface area contributed by atoms with E-state index in [1.54, 1.807) is 0 Å². The van der Waals surface area contributed by atoms with Crippen LogP contribution in [0.15, 0.2) is 0 Å². The molecule has 0 unspecified atom stereocenters. The van der Waals surface area contributed by atoms with Crippen molar-refractivity contribution in [2.75, 3.05) is 13.1 Å². The van der Waals surface area contributed by atoms with Crippen LogP contribution in [0.1, 0.15) is 20.3 Å². The van der Waals surface area contributed by atoms with Gasteiger partial charge in [0.25, 0.3) is 0 Å². The van der Waals surface area contributed by atoms with Gasteiger partial charge in [-0.2, -0.15) is 0 Å². The van der Waals surface area contributed by atoms with E-state index >= 15 is 0 Å². The first kappa shape index (κ1) is 14.9. The lowest BCUT2D eigenvalue weighted by molar-refractivity contribution is -0.139. The first-order valence-corrected chi connectivity index (χ1v) is 5.90. The van der Waals surface area contributed by atoms with Crippen LogP contribution in [-0.4, -0.2) is 53.0 Å². The second kappa shape index (κ2) is 6.17. The van der Waals surface area contributed by atoms with Crippen molar-refractivity contribution in [1.82, 2.24) is 15.5 Å². The van der Waals surface area contributed by atoms with Gasteiger partial charge in [-0.1, -0.05) is 13.8 Å². The Morgan fingerprint density at radius 2 is 1.84 bits per heavy atom. The number of amides is 4. The molecule has 4 amide bonds. The van der Waals surface area contributed by atoms with Crippen LogP contribution in [0.2, 0.25) is 0 Å². The molecule has 1 atom stereocenters. The lowest BCUT2D eigenvalue weighted by Crippen LogP contribution is -2.57. The smallest absolute Gasteiger partial charge is 0.326 e. The van der Waals surface area contributed by atoms with Crippen molar-refractivity contribution in [2.45, 2.75) is 26.3 Å². The first-order valence-electron chi connectivity index (χ1n) is 5.90. The van der Waals surface area contributed by atoms with Gasteiger partial charge in [-0.25, -0.2) is 9.59 Å². The number of hydrogen-bond donors (Lipinski definition) is 3. The highest BCUT2D eigenvalue weighted by atomic mass is 16.4. The largest absolute Gasteiger partial charge is 0.480 e. The molecule has 3 N–H and O–H groups in total. The molecule has 0 aromatic heterocycles. The summed E-state index contributed by atoms with van der Waals surface area (Å²) in [7, 11) is 0. The van der Waals surface area contributed by atoms with Crippen molar-refractivity contribution in [1.29, 1.82) is 0 Å². The molecule has 1 aliphatic rings. The van der Waals surface area contributed by atoms with Crippen molar-refractivity contribution < 1.29 is 24.3 Å². The van der Waals surface area contributed by atoms with Crippen LogP contribution < -0.4 is 10.6 Å². The summed E-state index contributed by atoms with van der Waals surface area (Å²) >= 11 is 0. The number of carboxylic acids is 1. The molecule has 8 heteroatoms. The zero-order chi connectivity index (χ0) is 14.6. The molecule has 0 saturated carbocycles. The topological polar surface area (TPSA) is 116 Å². The van der Waals surface area contributed by atoms with Gasteiger partial charge in [-0.3, -0.25) is 14.9 Å². The summed E-state index contributed by atoms with van der Waals surface area (Å²) < 4.78 is 0. The Balaban J connectivity index is 2.63. The van der Waals surface area contributed by atoms with Crippen molar-refractivity contribution in [3.8, 4) is 0 Å². The summed E-state index contributed by atoms with van der Waals surface area (Å²) in [6.45, 7) is 3.15. The van der Waals surface area contributed by atoms with Gasteiger partial charge in [0.2, 0.25) is 11.8 Å². The summed E-state index contributed by atoms with van der Waals surface area (Å²) in [6, 6.07) is -1.76. The lowest BCUT2D eigenvalue weighted by atomic mass is 10.0. The van der Waals surface area contributed by atoms with Crippen molar-refractivity contribution >= 4 is 23.8 Å². The molecule has 1 heterocycles. The van der Waals surface area contributed by atoms with E-state index in [0.29, 0.717) is 0 Å². The number of nitrogens with one attached hydrogen (secondary N) is 2. The number of carboxylic acid groups (broad SMARTS) is 1. The quantitative estimate of drug-likeness (QED) is 0.576. The number of carbonyl (C=O) groups is 4. The Bertz CT molecular complexity index is 391. The normalized spacial score (nSPS) is 17.1. The summed E-state index contributed by atoms with van der Waals surface area (Å²) in [4.78, 5) is 46.0. The van der Waals surface area contributed by atoms with E-state index in [1.807, 2.05) is 13.8 Å². The molecule has 0 spiro atoms. The number of piperazine rings is 1. The Morgan fingerprint density at radius 1 is 1.32 bits per heavy atom. The van der Waals surface area contributed by atoms with E-state index in [9.17, 15) is 19.2 Å². The number of hydrogen-bond acceptors (Lipinski definition) is 4. The molecule has 8 nitrogen and oxygen atoms in total. The number of carbonyl (C=O) groups excluding carboxylic acids is 3. The molecular formula is C11H17N3O5. The summed E-state index contributed by atoms with van der Waals surface area (Å²) in [5.41, 5.74) is 0. The van der Waals surface area contributed by atoms with E-state index in [0.717, 1.165) is 4.90 Å². The van der Waals surface area contributed by atoms with E-state index < -0.39 is 29.9 Å². The second-order valence-electron chi connectivity index (χ2n) is 4.80. The maximum absolute atomic E-state index is 11.8. The minimum Gasteiger partial charge on any atom is -0.480 e. The molecule has 19 heavy (non-hydrogen) atoms. The highest BCUT2D eigenvalue weighted by Crippen LogP contribution is 2.06. The molecule has 1 aliphatic heterocycles. The maximum atomic E-state index is 11.8. The SMILES string of the molecule is CC(C)C[C@@H](NC(=O)N1CC(=O)NC(=O)C1)C(=O)O. The highest BCUT2D eigenvalue weighted by Gasteiger charge is 2.29. The van der Waals surface area contributed by atoms with Crippen LogP contribution in [-0.2, 0) is 14.4 Å². The van der Waals surface area contributed by atoms with Gasteiger partial charge >= 0.3 is 12.0 Å². The Hall–Kier alpha value is -2.12. The number of imide groups is 1. The van der Waals surface area contributed by atoms with Gasteiger partial charge in [0, 0.05) is 0 Å². The van der Waals surface area contributed by atoms with Crippen LogP contribution in [0.3, 0.4) is 0 Å². The molecule has 1 saturated heterocycles. The average molecular weight is 271 g/mol. The Labute approximate surface area is 110 Å². The molecule has 0 aromatic carbocycles. The Morgan fingerprint density at radius 3 is 2.26 bits per heavy atom. The van der Waals surface area contributed by atoms with Crippen LogP contribution in [0, 0.1) is 5.92 Å². The maximum Gasteiger partial charge on any atom is 0.326 e. The third kappa shape index (κ3) is 4.57. The Kier molecular flexibility index (Phi) is 4.85. The van der Waals surface area contributed by atoms with E-state index in [2.05, 4.69) is 10.6 Å². The minimum absolute atomic E-state index is 0.0905. The summed E-state index contributed by atoms with van der Waals surface area (Å²) in [6.07, 6.45) is 0.273. The summed E-state index contributed by atoms with van der Waals surface area (Å²) in [5.74, 6) is -2.22. The van der Waals surface area contributed by atoms with Gasteiger partial charge in [0.15, 0.2) is 0 Å². The fourth-order valence-corrected chi connectivity index (χ4v) is 1.71. The molecule has 1 fully saturated rings. The van der Waals surface area contributed by atoms with Gasteiger partial charge in [-0.05, 0) is 12.3 Å². The van der Waals surface area contributed by atoms with Crippen molar-refractivity contribution in [2.24, 2.45) is 5.92 Å². The van der Waals surface area contributed by atoms with Crippen LogP contribution in [0.25, 0.3) is 0 Å². The highest BCUT2D eigenvalue weighted by molar-refractivity contribution is 6.02. The number of nitrogens with zero attached hydrogens (tertiary/aromatic N) is 1. The molecular weight excluding hydrogens is 254 g/mol. The van der Waals surface area contributed by atoms with Gasteiger partial charge in [0.1, 0.15) is 19.1 Å². The molecule has 0 radical (unpaired) electrons. The number of rotatable bonds is 4. The predicted molar refractivity (Wildman–Crippen MR) is 64.1 cm³/mol. The van der Waals surface area contributed by atoms with Crippen molar-refractivity contribution in [3.63, 3.8) is 0 Å². The van der Waals surface area contributed by atoms with E-state index in [4.69, 9.17) is 5.11 Å². The number of urea groups is 1.